The molecule has 1 amide bonds. The van der Waals surface area contributed by atoms with Crippen LogP contribution in [0.3, 0.4) is 0 Å². The van der Waals surface area contributed by atoms with Crippen LogP contribution in [-0.2, 0) is 17.8 Å². The number of nitrogens with zero attached hydrogens (tertiary/aromatic N) is 1. The van der Waals surface area contributed by atoms with Gasteiger partial charge >= 0.3 is 0 Å². The molecule has 0 fully saturated rings. The van der Waals surface area contributed by atoms with Crippen molar-refractivity contribution >= 4 is 28.1 Å². The smallest absolute Gasteiger partial charge is 0.244 e. The van der Waals surface area contributed by atoms with Crippen LogP contribution < -0.4 is 14.9 Å². The van der Waals surface area contributed by atoms with Crippen molar-refractivity contribution in [3.63, 3.8) is 0 Å². The van der Waals surface area contributed by atoms with Crippen molar-refractivity contribution in [3.05, 3.63) is 93.5 Å². The van der Waals surface area contributed by atoms with E-state index in [1.807, 2.05) is 0 Å². The molecule has 0 spiro atoms. The summed E-state index contributed by atoms with van der Waals surface area (Å²) in [5.41, 5.74) is 4.59. The standard InChI is InChI=1S/C23H19BrF2N2O3/c1-30-21-11-17(13-27-28-22(29)12-15-2-6-18(25)7-3-15)10-20(24)23(21)31-14-16-4-8-19(26)9-5-16/h2-11,13H,12,14H2,1H3,(H,28,29)/b27-13+. The summed E-state index contributed by atoms with van der Waals surface area (Å²) in [6.07, 6.45) is 1.56. The van der Waals surface area contributed by atoms with Gasteiger partial charge in [-0.05, 0) is 69.0 Å². The summed E-state index contributed by atoms with van der Waals surface area (Å²) in [5.74, 6) is -0.0317. The van der Waals surface area contributed by atoms with E-state index in [2.05, 4.69) is 26.5 Å². The minimum Gasteiger partial charge on any atom is -0.493 e. The lowest BCUT2D eigenvalue weighted by molar-refractivity contribution is -0.120. The molecular weight excluding hydrogens is 470 g/mol. The van der Waals surface area contributed by atoms with E-state index in [0.29, 0.717) is 27.1 Å². The SMILES string of the molecule is COc1cc(/C=N/NC(=O)Cc2ccc(F)cc2)cc(Br)c1OCc1ccc(F)cc1. The summed E-state index contributed by atoms with van der Waals surface area (Å²) >= 11 is 3.45. The molecule has 0 aliphatic heterocycles. The lowest BCUT2D eigenvalue weighted by Gasteiger charge is -2.13. The molecule has 0 aliphatic rings. The van der Waals surface area contributed by atoms with E-state index in [-0.39, 0.29) is 30.6 Å². The molecule has 0 radical (unpaired) electrons. The fraction of sp³-hybridized carbons (Fsp3) is 0.130. The normalized spacial score (nSPS) is 10.8. The third kappa shape index (κ3) is 6.62. The first-order chi connectivity index (χ1) is 14.9. The second-order valence-electron chi connectivity index (χ2n) is 6.55. The maximum Gasteiger partial charge on any atom is 0.244 e. The van der Waals surface area contributed by atoms with Crippen LogP contribution in [0.25, 0.3) is 0 Å². The molecule has 0 saturated carbocycles. The summed E-state index contributed by atoms with van der Waals surface area (Å²) in [7, 11) is 1.51. The predicted molar refractivity (Wildman–Crippen MR) is 117 cm³/mol. The quantitative estimate of drug-likeness (QED) is 0.358. The van der Waals surface area contributed by atoms with Gasteiger partial charge in [0.15, 0.2) is 11.5 Å². The number of hydrogen-bond acceptors (Lipinski definition) is 4. The Morgan fingerprint density at radius 1 is 1.03 bits per heavy atom. The monoisotopic (exact) mass is 488 g/mol. The second-order valence-corrected chi connectivity index (χ2v) is 7.40. The Morgan fingerprint density at radius 3 is 2.26 bits per heavy atom. The number of hydrazone groups is 1. The molecule has 0 aromatic heterocycles. The van der Waals surface area contributed by atoms with Gasteiger partial charge in [0.05, 0.1) is 24.2 Å². The maximum atomic E-state index is 13.0. The predicted octanol–water partition coefficient (Wildman–Crippen LogP) is 5.01. The number of halogens is 3. The highest BCUT2D eigenvalue weighted by molar-refractivity contribution is 9.10. The molecule has 1 N–H and O–H groups in total. The van der Waals surface area contributed by atoms with Crippen molar-refractivity contribution in [2.24, 2.45) is 5.10 Å². The van der Waals surface area contributed by atoms with Crippen molar-refractivity contribution in [2.45, 2.75) is 13.0 Å². The Hall–Kier alpha value is -3.26. The van der Waals surface area contributed by atoms with Gasteiger partial charge in [-0.1, -0.05) is 24.3 Å². The molecule has 31 heavy (non-hydrogen) atoms. The number of carbonyl (C=O) groups excluding carboxylic acids is 1. The molecule has 3 aromatic carbocycles. The van der Waals surface area contributed by atoms with Gasteiger partial charge in [0.2, 0.25) is 5.91 Å². The number of carbonyl (C=O) groups is 1. The van der Waals surface area contributed by atoms with Gasteiger partial charge in [-0.3, -0.25) is 4.79 Å². The van der Waals surface area contributed by atoms with Gasteiger partial charge in [0, 0.05) is 0 Å². The van der Waals surface area contributed by atoms with Gasteiger partial charge in [-0.25, -0.2) is 14.2 Å². The Labute approximate surface area is 186 Å². The summed E-state index contributed by atoms with van der Waals surface area (Å²) in [6, 6.07) is 15.2. The highest BCUT2D eigenvalue weighted by atomic mass is 79.9. The zero-order valence-electron chi connectivity index (χ0n) is 16.6. The van der Waals surface area contributed by atoms with Crippen LogP contribution >= 0.6 is 15.9 Å². The second kappa shape index (κ2) is 10.7. The van der Waals surface area contributed by atoms with Crippen molar-refractivity contribution < 1.29 is 23.0 Å². The molecule has 5 nitrogen and oxygen atoms in total. The van der Waals surface area contributed by atoms with Crippen molar-refractivity contribution in [3.8, 4) is 11.5 Å². The summed E-state index contributed by atoms with van der Waals surface area (Å²) < 4.78 is 37.8. The Kier molecular flexibility index (Phi) is 7.72. The molecule has 8 heteroatoms. The minimum atomic E-state index is -0.355. The molecule has 0 saturated heterocycles. The van der Waals surface area contributed by atoms with E-state index in [1.165, 1.54) is 37.6 Å². The van der Waals surface area contributed by atoms with Crippen LogP contribution in [0, 0.1) is 11.6 Å². The lowest BCUT2D eigenvalue weighted by Crippen LogP contribution is -2.19. The fourth-order valence-corrected chi connectivity index (χ4v) is 3.27. The molecule has 160 valence electrons. The van der Waals surface area contributed by atoms with Crippen molar-refractivity contribution in [1.29, 1.82) is 0 Å². The van der Waals surface area contributed by atoms with Crippen LogP contribution in [0.4, 0.5) is 8.78 Å². The summed E-state index contributed by atoms with van der Waals surface area (Å²) in [6.45, 7) is 0.238. The van der Waals surface area contributed by atoms with E-state index in [4.69, 9.17) is 9.47 Å². The van der Waals surface area contributed by atoms with Gasteiger partial charge in [0.25, 0.3) is 0 Å². The lowest BCUT2D eigenvalue weighted by atomic mass is 10.1. The highest BCUT2D eigenvalue weighted by Gasteiger charge is 2.12. The van der Waals surface area contributed by atoms with Crippen LogP contribution in [0.1, 0.15) is 16.7 Å². The molecule has 0 heterocycles. The Bertz CT molecular complexity index is 1070. The number of benzene rings is 3. The number of nitrogens with one attached hydrogen (secondary N) is 1. The minimum absolute atomic E-state index is 0.0841. The van der Waals surface area contributed by atoms with Crippen LogP contribution in [0.2, 0.25) is 0 Å². The number of ether oxygens (including phenoxy) is 2. The summed E-state index contributed by atoms with van der Waals surface area (Å²) in [4.78, 5) is 12.0. The van der Waals surface area contributed by atoms with E-state index < -0.39 is 0 Å². The van der Waals surface area contributed by atoms with Crippen LogP contribution in [0.15, 0.2) is 70.2 Å². The van der Waals surface area contributed by atoms with E-state index in [9.17, 15) is 13.6 Å². The summed E-state index contributed by atoms with van der Waals surface area (Å²) in [5, 5.41) is 3.95. The van der Waals surface area contributed by atoms with Gasteiger partial charge in [-0.2, -0.15) is 5.10 Å². The molecule has 3 rings (SSSR count). The van der Waals surface area contributed by atoms with Crippen LogP contribution in [-0.4, -0.2) is 19.2 Å². The number of amides is 1. The fourth-order valence-electron chi connectivity index (χ4n) is 2.70. The first-order valence-electron chi connectivity index (χ1n) is 9.25. The molecule has 0 bridgehead atoms. The molecule has 0 aliphatic carbocycles. The Morgan fingerprint density at radius 2 is 1.65 bits per heavy atom. The number of hydrogen-bond donors (Lipinski definition) is 1. The first-order valence-corrected chi connectivity index (χ1v) is 10.0. The third-order valence-electron chi connectivity index (χ3n) is 4.23. The third-order valence-corrected chi connectivity index (χ3v) is 4.82. The zero-order chi connectivity index (χ0) is 22.2. The zero-order valence-corrected chi connectivity index (χ0v) is 18.2. The van der Waals surface area contributed by atoms with Gasteiger partial charge in [0.1, 0.15) is 18.2 Å². The van der Waals surface area contributed by atoms with Crippen LogP contribution in [0.5, 0.6) is 11.5 Å². The maximum absolute atomic E-state index is 13.0. The van der Waals surface area contributed by atoms with Crippen molar-refractivity contribution in [1.82, 2.24) is 5.43 Å². The molecule has 0 atom stereocenters. The largest absolute Gasteiger partial charge is 0.493 e. The average molecular weight is 489 g/mol. The van der Waals surface area contributed by atoms with E-state index in [0.717, 1.165) is 5.56 Å². The van der Waals surface area contributed by atoms with Gasteiger partial charge < -0.3 is 9.47 Å². The van der Waals surface area contributed by atoms with E-state index in [1.54, 1.807) is 36.4 Å². The van der Waals surface area contributed by atoms with Gasteiger partial charge in [-0.15, -0.1) is 0 Å². The molecule has 3 aromatic rings. The topological polar surface area (TPSA) is 59.9 Å². The van der Waals surface area contributed by atoms with E-state index >= 15 is 0 Å². The van der Waals surface area contributed by atoms with Crippen molar-refractivity contribution in [2.75, 3.05) is 7.11 Å². The Balaban J connectivity index is 1.62. The number of methoxy groups -OCH3 is 1. The average Bonchev–Trinajstić information content (AvgIpc) is 2.75. The highest BCUT2D eigenvalue weighted by Crippen LogP contribution is 2.36. The molecule has 0 unspecified atom stereocenters. The molecular formula is C23H19BrF2N2O3. The number of rotatable bonds is 8. The first kappa shape index (κ1) is 22.4.